The molecule has 4 nitrogen and oxygen atoms in total. The molecular weight excluding hydrogens is 412 g/mol. The zero-order chi connectivity index (χ0) is 20.8. The third-order valence-corrected chi connectivity index (χ3v) is 6.67. The fourth-order valence-corrected chi connectivity index (χ4v) is 5.02. The first-order valence-corrected chi connectivity index (χ1v) is 11.4. The van der Waals surface area contributed by atoms with Crippen LogP contribution in [-0.2, 0) is 0 Å². The van der Waals surface area contributed by atoms with Gasteiger partial charge < -0.3 is 9.84 Å². The highest BCUT2D eigenvalue weighted by molar-refractivity contribution is 8.02. The Balaban J connectivity index is 1.83. The molecular formula is C24H20N2O2S2. The van der Waals surface area contributed by atoms with Crippen molar-refractivity contribution >= 4 is 45.3 Å². The largest absolute Gasteiger partial charge is 0.492 e. The second-order valence-electron chi connectivity index (χ2n) is 6.46. The number of pyridine rings is 2. The number of hydrogen-bond donors (Lipinski definition) is 1. The van der Waals surface area contributed by atoms with Gasteiger partial charge in [-0.15, -0.1) is 18.2 Å². The highest BCUT2D eigenvalue weighted by Crippen LogP contribution is 2.44. The predicted octanol–water partition coefficient (Wildman–Crippen LogP) is 5.42. The summed E-state index contributed by atoms with van der Waals surface area (Å²) in [5, 5.41) is 11.2. The molecule has 0 fully saturated rings. The van der Waals surface area contributed by atoms with E-state index in [2.05, 4.69) is 22.0 Å². The summed E-state index contributed by atoms with van der Waals surface area (Å²) in [4.78, 5) is 12.3. The summed E-state index contributed by atoms with van der Waals surface area (Å²) in [5.41, 5.74) is 1.81. The number of fused-ring (bicyclic) bond motifs is 2. The van der Waals surface area contributed by atoms with Crippen LogP contribution in [-0.4, -0.2) is 34.0 Å². The molecule has 0 saturated heterocycles. The SMILES string of the molecule is C#CCSc1cnc2ccccc2c1Sc1cnc2ccccc2c1OCCCO. The van der Waals surface area contributed by atoms with E-state index in [9.17, 15) is 5.11 Å². The van der Waals surface area contributed by atoms with E-state index in [-0.39, 0.29) is 6.61 Å². The van der Waals surface area contributed by atoms with Crippen LogP contribution in [0.1, 0.15) is 6.42 Å². The smallest absolute Gasteiger partial charge is 0.144 e. The molecule has 0 aliphatic rings. The minimum atomic E-state index is 0.0906. The van der Waals surface area contributed by atoms with E-state index in [1.165, 1.54) is 0 Å². The molecule has 4 rings (SSSR count). The van der Waals surface area contributed by atoms with Crippen molar-refractivity contribution in [1.29, 1.82) is 0 Å². The molecule has 2 heterocycles. The lowest BCUT2D eigenvalue weighted by Crippen LogP contribution is -2.02. The molecule has 2 aromatic heterocycles. The molecule has 2 aromatic carbocycles. The maximum Gasteiger partial charge on any atom is 0.144 e. The summed E-state index contributed by atoms with van der Waals surface area (Å²) >= 11 is 3.21. The van der Waals surface area contributed by atoms with Gasteiger partial charge in [-0.2, -0.15) is 0 Å². The second-order valence-corrected chi connectivity index (χ2v) is 8.53. The van der Waals surface area contributed by atoms with Crippen LogP contribution in [0.25, 0.3) is 21.8 Å². The number of nitrogens with zero attached hydrogens (tertiary/aromatic N) is 2. The number of hydrogen-bond acceptors (Lipinski definition) is 6. The molecule has 4 aromatic rings. The molecule has 0 radical (unpaired) electrons. The average Bonchev–Trinajstić information content (AvgIpc) is 2.79. The van der Waals surface area contributed by atoms with Crippen LogP contribution in [0.4, 0.5) is 0 Å². The summed E-state index contributed by atoms with van der Waals surface area (Å²) < 4.78 is 6.12. The first-order chi connectivity index (χ1) is 14.8. The van der Waals surface area contributed by atoms with Crippen molar-refractivity contribution in [2.75, 3.05) is 19.0 Å². The molecule has 150 valence electrons. The first-order valence-electron chi connectivity index (χ1n) is 9.55. The van der Waals surface area contributed by atoms with Crippen LogP contribution >= 0.6 is 23.5 Å². The third kappa shape index (κ3) is 4.39. The molecule has 0 bridgehead atoms. The highest BCUT2D eigenvalue weighted by atomic mass is 32.2. The Labute approximate surface area is 184 Å². The zero-order valence-electron chi connectivity index (χ0n) is 16.2. The molecule has 0 unspecified atom stereocenters. The van der Waals surface area contributed by atoms with E-state index in [0.717, 1.165) is 42.2 Å². The Bertz CT molecular complexity index is 1220. The number of rotatable bonds is 8. The topological polar surface area (TPSA) is 55.2 Å². The molecule has 0 aliphatic heterocycles. The number of ether oxygens (including phenoxy) is 1. The van der Waals surface area contributed by atoms with E-state index >= 15 is 0 Å². The molecule has 0 atom stereocenters. The summed E-state index contributed by atoms with van der Waals surface area (Å²) in [5.74, 6) is 4.05. The van der Waals surface area contributed by atoms with E-state index in [0.29, 0.717) is 18.8 Å². The van der Waals surface area contributed by atoms with Gasteiger partial charge >= 0.3 is 0 Å². The molecule has 1 N–H and O–H groups in total. The zero-order valence-corrected chi connectivity index (χ0v) is 17.9. The monoisotopic (exact) mass is 432 g/mol. The predicted molar refractivity (Wildman–Crippen MR) is 124 cm³/mol. The van der Waals surface area contributed by atoms with E-state index < -0.39 is 0 Å². The van der Waals surface area contributed by atoms with Crippen molar-refractivity contribution < 1.29 is 9.84 Å². The van der Waals surface area contributed by atoms with Gasteiger partial charge in [0.15, 0.2) is 0 Å². The number of aromatic nitrogens is 2. The van der Waals surface area contributed by atoms with Gasteiger partial charge in [-0.3, -0.25) is 9.97 Å². The Hall–Kier alpha value is -2.72. The molecule has 0 amide bonds. The van der Waals surface area contributed by atoms with Crippen molar-refractivity contribution in [1.82, 2.24) is 9.97 Å². The van der Waals surface area contributed by atoms with E-state index in [1.807, 2.05) is 54.9 Å². The van der Waals surface area contributed by atoms with Crippen LogP contribution in [0.5, 0.6) is 5.75 Å². The number of aliphatic hydroxyl groups excluding tert-OH is 1. The number of aliphatic hydroxyl groups is 1. The minimum Gasteiger partial charge on any atom is -0.492 e. The molecule has 6 heteroatoms. The van der Waals surface area contributed by atoms with E-state index in [4.69, 9.17) is 11.2 Å². The minimum absolute atomic E-state index is 0.0906. The fourth-order valence-electron chi connectivity index (χ4n) is 3.09. The Kier molecular flexibility index (Phi) is 6.75. The lowest BCUT2D eigenvalue weighted by Gasteiger charge is -2.16. The van der Waals surface area contributed by atoms with Crippen LogP contribution in [0.15, 0.2) is 75.6 Å². The van der Waals surface area contributed by atoms with Gasteiger partial charge in [0, 0.05) is 46.0 Å². The Morgan fingerprint density at radius 3 is 2.33 bits per heavy atom. The van der Waals surface area contributed by atoms with Crippen LogP contribution in [0.3, 0.4) is 0 Å². The summed E-state index contributed by atoms with van der Waals surface area (Å²) in [7, 11) is 0. The maximum absolute atomic E-state index is 9.18. The Morgan fingerprint density at radius 1 is 0.933 bits per heavy atom. The lowest BCUT2D eigenvalue weighted by atomic mass is 10.2. The molecule has 0 saturated carbocycles. The van der Waals surface area contributed by atoms with E-state index in [1.54, 1.807) is 23.5 Å². The molecule has 30 heavy (non-hydrogen) atoms. The maximum atomic E-state index is 9.18. The van der Waals surface area contributed by atoms with Gasteiger partial charge in [-0.1, -0.05) is 48.0 Å². The second kappa shape index (κ2) is 9.86. The molecule has 0 aliphatic carbocycles. The van der Waals surface area contributed by atoms with Crippen molar-refractivity contribution in [2.45, 2.75) is 21.1 Å². The quantitative estimate of drug-likeness (QED) is 0.228. The molecule has 0 spiro atoms. The number of para-hydroxylation sites is 2. The van der Waals surface area contributed by atoms with Gasteiger partial charge in [0.25, 0.3) is 0 Å². The number of thioether (sulfide) groups is 1. The van der Waals surface area contributed by atoms with Crippen LogP contribution in [0.2, 0.25) is 0 Å². The normalized spacial score (nSPS) is 10.9. The van der Waals surface area contributed by atoms with Gasteiger partial charge in [0.1, 0.15) is 5.75 Å². The van der Waals surface area contributed by atoms with Crippen molar-refractivity contribution in [3.8, 4) is 18.1 Å². The van der Waals surface area contributed by atoms with Crippen LogP contribution < -0.4 is 4.74 Å². The number of terminal acetylenes is 1. The van der Waals surface area contributed by atoms with Gasteiger partial charge in [-0.25, -0.2) is 0 Å². The summed E-state index contributed by atoms with van der Waals surface area (Å²) in [6.45, 7) is 0.529. The summed E-state index contributed by atoms with van der Waals surface area (Å²) in [6, 6.07) is 16.0. The van der Waals surface area contributed by atoms with Gasteiger partial charge in [-0.05, 0) is 18.2 Å². The van der Waals surface area contributed by atoms with Crippen molar-refractivity contribution in [3.63, 3.8) is 0 Å². The highest BCUT2D eigenvalue weighted by Gasteiger charge is 2.16. The number of benzene rings is 2. The third-order valence-electron chi connectivity index (χ3n) is 4.46. The summed E-state index contributed by atoms with van der Waals surface area (Å²) in [6.07, 6.45) is 9.80. The fraction of sp³-hybridized carbons (Fsp3) is 0.167. The first kappa shape index (κ1) is 20.5. The van der Waals surface area contributed by atoms with Crippen molar-refractivity contribution in [2.24, 2.45) is 0 Å². The average molecular weight is 433 g/mol. The van der Waals surface area contributed by atoms with Gasteiger partial charge in [0.2, 0.25) is 0 Å². The Morgan fingerprint density at radius 2 is 1.60 bits per heavy atom. The lowest BCUT2D eigenvalue weighted by molar-refractivity contribution is 0.232. The van der Waals surface area contributed by atoms with Crippen LogP contribution in [0, 0.1) is 12.3 Å². The van der Waals surface area contributed by atoms with Crippen molar-refractivity contribution in [3.05, 3.63) is 60.9 Å². The standard InChI is InChI=1S/C24H20N2O2S2/c1-2-14-29-22-16-26-20-11-6-4-9-18(20)24(22)30-21-15-25-19-10-5-3-8-17(19)23(21)28-13-7-12-27/h1,3-6,8-11,15-16,27H,7,12-14H2. The van der Waals surface area contributed by atoms with Gasteiger partial charge in [0.05, 0.1) is 28.3 Å².